The van der Waals surface area contributed by atoms with Crippen LogP contribution in [0.2, 0.25) is 0 Å². The molecule has 0 aliphatic rings. The number of ether oxygens (including phenoxy) is 3. The lowest BCUT2D eigenvalue weighted by Crippen LogP contribution is -2.34. The molecule has 2 aromatic rings. The Morgan fingerprint density at radius 3 is 2.50 bits per heavy atom. The third kappa shape index (κ3) is 4.98. The van der Waals surface area contributed by atoms with E-state index in [0.29, 0.717) is 17.1 Å². The average molecular weight is 377 g/mol. The van der Waals surface area contributed by atoms with Gasteiger partial charge >= 0.3 is 5.97 Å². The maximum atomic E-state index is 12.3. The summed E-state index contributed by atoms with van der Waals surface area (Å²) in [6.45, 7) is 3.96. The van der Waals surface area contributed by atoms with Gasteiger partial charge in [0.2, 0.25) is 0 Å². The van der Waals surface area contributed by atoms with E-state index in [1.165, 1.54) is 20.3 Å². The number of amides is 1. The zero-order chi connectivity index (χ0) is 19.1. The molecule has 0 bridgehead atoms. The van der Waals surface area contributed by atoms with Gasteiger partial charge in [0.1, 0.15) is 0 Å². The Hall–Kier alpha value is -2.54. The van der Waals surface area contributed by atoms with E-state index in [1.807, 2.05) is 17.5 Å². The molecule has 2 rings (SSSR count). The van der Waals surface area contributed by atoms with Gasteiger partial charge in [0.15, 0.2) is 18.1 Å². The largest absolute Gasteiger partial charge is 0.493 e. The van der Waals surface area contributed by atoms with Crippen LogP contribution in [0.15, 0.2) is 35.7 Å². The van der Waals surface area contributed by atoms with Gasteiger partial charge in [-0.15, -0.1) is 11.3 Å². The number of carbonyl (C=O) groups excluding carboxylic acids is 2. The summed E-state index contributed by atoms with van der Waals surface area (Å²) in [4.78, 5) is 25.0. The highest BCUT2D eigenvalue weighted by Gasteiger charge is 2.20. The Kier molecular flexibility index (Phi) is 7.03. The van der Waals surface area contributed by atoms with Gasteiger partial charge in [-0.3, -0.25) is 4.79 Å². The van der Waals surface area contributed by atoms with Crippen LogP contribution in [0.5, 0.6) is 11.5 Å². The lowest BCUT2D eigenvalue weighted by molar-refractivity contribution is -0.124. The van der Waals surface area contributed by atoms with Crippen LogP contribution in [0, 0.1) is 5.92 Å². The first kappa shape index (κ1) is 19.8. The summed E-state index contributed by atoms with van der Waals surface area (Å²) >= 11 is 1.61. The van der Waals surface area contributed by atoms with E-state index < -0.39 is 5.97 Å². The normalized spacial score (nSPS) is 11.7. The van der Waals surface area contributed by atoms with Crippen LogP contribution in [0.4, 0.5) is 0 Å². The Labute approximate surface area is 157 Å². The minimum atomic E-state index is -0.469. The van der Waals surface area contributed by atoms with E-state index in [1.54, 1.807) is 23.5 Å². The highest BCUT2D eigenvalue weighted by molar-refractivity contribution is 7.10. The second-order valence-corrected chi connectivity index (χ2v) is 6.93. The molecule has 1 atom stereocenters. The first-order valence-corrected chi connectivity index (χ1v) is 9.06. The zero-order valence-electron chi connectivity index (χ0n) is 15.3. The summed E-state index contributed by atoms with van der Waals surface area (Å²) in [5.41, 5.74) is 0.346. The van der Waals surface area contributed by atoms with Crippen molar-refractivity contribution in [2.75, 3.05) is 20.8 Å². The predicted octanol–water partition coefficient (Wildman–Crippen LogP) is 3.44. The lowest BCUT2D eigenvalue weighted by atomic mass is 10.0. The number of hydrogen-bond acceptors (Lipinski definition) is 6. The third-order valence-corrected chi connectivity index (χ3v) is 4.73. The number of carbonyl (C=O) groups is 2. The van der Waals surface area contributed by atoms with Gasteiger partial charge in [0, 0.05) is 4.88 Å². The molecule has 1 N–H and O–H groups in total. The molecule has 0 fully saturated rings. The van der Waals surface area contributed by atoms with E-state index in [2.05, 4.69) is 23.9 Å². The molecule has 140 valence electrons. The first-order valence-electron chi connectivity index (χ1n) is 8.18. The second kappa shape index (κ2) is 9.24. The highest BCUT2D eigenvalue weighted by Crippen LogP contribution is 2.29. The SMILES string of the molecule is COC(=O)c1ccc(OCC(=O)NC(c2cccs2)C(C)C)c(OC)c1. The fourth-order valence-corrected chi connectivity index (χ4v) is 3.37. The molecule has 0 spiro atoms. The summed E-state index contributed by atoms with van der Waals surface area (Å²) in [6.07, 6.45) is 0. The summed E-state index contributed by atoms with van der Waals surface area (Å²) in [5, 5.41) is 4.98. The van der Waals surface area contributed by atoms with Crippen molar-refractivity contribution in [3.05, 3.63) is 46.2 Å². The number of thiophene rings is 1. The maximum absolute atomic E-state index is 12.3. The molecule has 1 heterocycles. The minimum Gasteiger partial charge on any atom is -0.493 e. The highest BCUT2D eigenvalue weighted by atomic mass is 32.1. The van der Waals surface area contributed by atoms with E-state index >= 15 is 0 Å². The van der Waals surface area contributed by atoms with E-state index in [4.69, 9.17) is 9.47 Å². The summed E-state index contributed by atoms with van der Waals surface area (Å²) in [7, 11) is 2.78. The zero-order valence-corrected chi connectivity index (χ0v) is 16.1. The van der Waals surface area contributed by atoms with Crippen molar-refractivity contribution in [3.63, 3.8) is 0 Å². The third-order valence-electron chi connectivity index (χ3n) is 3.78. The topological polar surface area (TPSA) is 73.9 Å². The molecule has 0 saturated carbocycles. The number of methoxy groups -OCH3 is 2. The van der Waals surface area contributed by atoms with Crippen molar-refractivity contribution in [1.82, 2.24) is 5.32 Å². The van der Waals surface area contributed by atoms with Crippen molar-refractivity contribution in [1.29, 1.82) is 0 Å². The van der Waals surface area contributed by atoms with Crippen LogP contribution in [0.25, 0.3) is 0 Å². The van der Waals surface area contributed by atoms with Crippen LogP contribution in [-0.4, -0.2) is 32.7 Å². The van der Waals surface area contributed by atoms with Crippen LogP contribution in [0.1, 0.15) is 35.1 Å². The van der Waals surface area contributed by atoms with Gasteiger partial charge in [0.05, 0.1) is 25.8 Å². The number of esters is 1. The van der Waals surface area contributed by atoms with Crippen LogP contribution < -0.4 is 14.8 Å². The van der Waals surface area contributed by atoms with E-state index in [-0.39, 0.29) is 24.5 Å². The smallest absolute Gasteiger partial charge is 0.337 e. The van der Waals surface area contributed by atoms with Crippen molar-refractivity contribution in [2.45, 2.75) is 19.9 Å². The molecule has 26 heavy (non-hydrogen) atoms. The van der Waals surface area contributed by atoms with E-state index in [0.717, 1.165) is 4.88 Å². The van der Waals surface area contributed by atoms with Gasteiger partial charge in [0.25, 0.3) is 5.91 Å². The Bertz CT molecular complexity index is 742. The summed E-state index contributed by atoms with van der Waals surface area (Å²) in [6, 6.07) is 8.56. The monoisotopic (exact) mass is 377 g/mol. The van der Waals surface area contributed by atoms with Gasteiger partial charge in [-0.25, -0.2) is 4.79 Å². The van der Waals surface area contributed by atoms with Crippen molar-refractivity contribution in [3.8, 4) is 11.5 Å². The fraction of sp³-hybridized carbons (Fsp3) is 0.368. The van der Waals surface area contributed by atoms with Crippen LogP contribution in [0.3, 0.4) is 0 Å². The second-order valence-electron chi connectivity index (χ2n) is 5.95. The van der Waals surface area contributed by atoms with Crippen LogP contribution >= 0.6 is 11.3 Å². The molecule has 0 radical (unpaired) electrons. The number of benzene rings is 1. The summed E-state index contributed by atoms with van der Waals surface area (Å²) < 4.78 is 15.5. The molecule has 0 aliphatic carbocycles. The number of nitrogens with one attached hydrogen (secondary N) is 1. The van der Waals surface area contributed by atoms with E-state index in [9.17, 15) is 9.59 Å². The molecular weight excluding hydrogens is 354 g/mol. The van der Waals surface area contributed by atoms with Gasteiger partial charge < -0.3 is 19.5 Å². The fourth-order valence-electron chi connectivity index (χ4n) is 2.42. The Morgan fingerprint density at radius 2 is 1.92 bits per heavy atom. The van der Waals surface area contributed by atoms with Gasteiger partial charge in [-0.1, -0.05) is 19.9 Å². The van der Waals surface area contributed by atoms with Crippen molar-refractivity contribution in [2.24, 2.45) is 5.92 Å². The van der Waals surface area contributed by atoms with Crippen LogP contribution in [-0.2, 0) is 9.53 Å². The number of hydrogen-bond donors (Lipinski definition) is 1. The predicted molar refractivity (Wildman–Crippen MR) is 99.9 cm³/mol. The Morgan fingerprint density at radius 1 is 1.15 bits per heavy atom. The quantitative estimate of drug-likeness (QED) is 0.714. The number of rotatable bonds is 8. The molecule has 1 aromatic carbocycles. The summed E-state index contributed by atoms with van der Waals surface area (Å²) in [5.74, 6) is 0.304. The molecule has 0 saturated heterocycles. The van der Waals surface area contributed by atoms with Gasteiger partial charge in [-0.2, -0.15) is 0 Å². The minimum absolute atomic E-state index is 0.0605. The Balaban J connectivity index is 2.01. The van der Waals surface area contributed by atoms with Gasteiger partial charge in [-0.05, 0) is 35.6 Å². The maximum Gasteiger partial charge on any atom is 0.337 e. The molecule has 1 unspecified atom stereocenters. The van der Waals surface area contributed by atoms with Crippen molar-refractivity contribution < 1.29 is 23.8 Å². The molecule has 1 amide bonds. The standard InChI is InChI=1S/C19H23NO5S/c1-12(2)18(16-6-5-9-26-16)20-17(21)11-25-14-8-7-13(19(22)24-4)10-15(14)23-3/h5-10,12,18H,11H2,1-4H3,(H,20,21). The molecule has 0 aliphatic heterocycles. The molecular formula is C19H23NO5S. The molecule has 6 nitrogen and oxygen atoms in total. The molecule has 1 aromatic heterocycles. The first-order chi connectivity index (χ1) is 12.5. The average Bonchev–Trinajstić information content (AvgIpc) is 3.17. The lowest BCUT2D eigenvalue weighted by Gasteiger charge is -2.21. The van der Waals surface area contributed by atoms with Crippen molar-refractivity contribution >= 4 is 23.2 Å². The molecule has 7 heteroatoms.